The second-order valence-corrected chi connectivity index (χ2v) is 17.8. The monoisotopic (exact) mass is 891 g/mol. The predicted molar refractivity (Wildman–Crippen MR) is 279 cm³/mol. The Kier molecular flexibility index (Phi) is 51.9. The highest BCUT2D eigenvalue weighted by molar-refractivity contribution is 5.70. The number of carbonyl (C=O) groups is 2. The van der Waals surface area contributed by atoms with Crippen molar-refractivity contribution in [3.8, 4) is 0 Å². The van der Waals surface area contributed by atoms with Gasteiger partial charge >= 0.3 is 11.9 Å². The van der Waals surface area contributed by atoms with Gasteiger partial charge in [-0.2, -0.15) is 0 Å². The molecule has 0 radical (unpaired) electrons. The van der Waals surface area contributed by atoms with Crippen molar-refractivity contribution in [3.63, 3.8) is 0 Å². The van der Waals surface area contributed by atoms with Gasteiger partial charge in [-0.05, 0) is 89.9 Å². The molecule has 0 aromatic rings. The Balaban J connectivity index is 4.33. The quantitative estimate of drug-likeness (QED) is 0.0346. The number of esters is 2. The molecule has 0 aromatic heterocycles. The van der Waals surface area contributed by atoms with Gasteiger partial charge in [0, 0.05) is 19.4 Å². The minimum Gasteiger partial charge on any atom is -0.462 e. The molecule has 5 heteroatoms. The SMILES string of the molecule is CC/C=C\C/C=C\C/C=C\C/C=C\C/C=C\CCCCCC(=O)OCC(COCCCCCCCCCCCCCCCCCC)OC(=O)CCCCCCC/C=C\C/C=C\CCC. The summed E-state index contributed by atoms with van der Waals surface area (Å²) in [5, 5.41) is 0. The molecule has 0 heterocycles. The fourth-order valence-electron chi connectivity index (χ4n) is 7.40. The lowest BCUT2D eigenvalue weighted by molar-refractivity contribution is -0.163. The van der Waals surface area contributed by atoms with E-state index in [4.69, 9.17) is 14.2 Å². The van der Waals surface area contributed by atoms with Crippen LogP contribution in [0.4, 0.5) is 0 Å². The molecule has 0 aliphatic heterocycles. The molecule has 0 bridgehead atoms. The van der Waals surface area contributed by atoms with Gasteiger partial charge in [0.15, 0.2) is 6.10 Å². The van der Waals surface area contributed by atoms with Crippen LogP contribution in [0.1, 0.15) is 252 Å². The first-order chi connectivity index (χ1) is 31.6. The Morgan fingerprint density at radius 3 is 1.20 bits per heavy atom. The summed E-state index contributed by atoms with van der Waals surface area (Å²) in [5.41, 5.74) is 0. The minimum atomic E-state index is -0.559. The zero-order chi connectivity index (χ0) is 46.3. The average molecular weight is 891 g/mol. The summed E-state index contributed by atoms with van der Waals surface area (Å²) in [7, 11) is 0. The Labute approximate surface area is 397 Å². The molecule has 0 aromatic carbocycles. The van der Waals surface area contributed by atoms with E-state index < -0.39 is 6.10 Å². The Morgan fingerprint density at radius 2 is 0.734 bits per heavy atom. The van der Waals surface area contributed by atoms with E-state index in [-0.39, 0.29) is 25.2 Å². The van der Waals surface area contributed by atoms with E-state index in [1.165, 1.54) is 109 Å². The number of carbonyl (C=O) groups excluding carboxylic acids is 2. The van der Waals surface area contributed by atoms with E-state index in [9.17, 15) is 9.59 Å². The number of rotatable bonds is 49. The van der Waals surface area contributed by atoms with Crippen LogP contribution in [0.15, 0.2) is 85.1 Å². The maximum atomic E-state index is 12.8. The minimum absolute atomic E-state index is 0.0610. The van der Waals surface area contributed by atoms with E-state index >= 15 is 0 Å². The molecule has 0 amide bonds. The molecule has 0 fully saturated rings. The largest absolute Gasteiger partial charge is 0.462 e. The molecule has 0 saturated heterocycles. The van der Waals surface area contributed by atoms with Crippen LogP contribution in [0.3, 0.4) is 0 Å². The molecule has 368 valence electrons. The first kappa shape index (κ1) is 61.1. The summed E-state index contributed by atoms with van der Waals surface area (Å²) in [6, 6.07) is 0. The van der Waals surface area contributed by atoms with Gasteiger partial charge in [0.05, 0.1) is 6.61 Å². The third kappa shape index (κ3) is 51.7. The van der Waals surface area contributed by atoms with Crippen molar-refractivity contribution in [2.24, 2.45) is 0 Å². The van der Waals surface area contributed by atoms with Crippen molar-refractivity contribution < 1.29 is 23.8 Å². The van der Waals surface area contributed by atoms with Crippen LogP contribution in [0.5, 0.6) is 0 Å². The summed E-state index contributed by atoms with van der Waals surface area (Å²) >= 11 is 0. The van der Waals surface area contributed by atoms with Gasteiger partial charge in [-0.1, -0.05) is 234 Å². The maximum Gasteiger partial charge on any atom is 0.306 e. The number of hydrogen-bond donors (Lipinski definition) is 0. The fourth-order valence-corrected chi connectivity index (χ4v) is 7.40. The smallest absolute Gasteiger partial charge is 0.306 e. The number of hydrogen-bond acceptors (Lipinski definition) is 5. The lowest BCUT2D eigenvalue weighted by atomic mass is 10.0. The van der Waals surface area contributed by atoms with E-state index in [0.717, 1.165) is 109 Å². The summed E-state index contributed by atoms with van der Waals surface area (Å²) < 4.78 is 17.4. The predicted octanol–water partition coefficient (Wildman–Crippen LogP) is 18.5. The second kappa shape index (κ2) is 54.4. The van der Waals surface area contributed by atoms with Gasteiger partial charge in [-0.25, -0.2) is 0 Å². The molecule has 5 nitrogen and oxygen atoms in total. The molecular weight excluding hydrogens is 789 g/mol. The van der Waals surface area contributed by atoms with E-state index in [2.05, 4.69) is 106 Å². The lowest BCUT2D eigenvalue weighted by Gasteiger charge is -2.18. The summed E-state index contributed by atoms with van der Waals surface area (Å²) in [4.78, 5) is 25.4. The fraction of sp³-hybridized carbons (Fsp3) is 0.729. The van der Waals surface area contributed by atoms with Gasteiger partial charge in [0.2, 0.25) is 0 Å². The first-order valence-corrected chi connectivity index (χ1v) is 27.1. The highest BCUT2D eigenvalue weighted by Crippen LogP contribution is 2.15. The molecule has 0 saturated carbocycles. The molecule has 0 aliphatic rings. The standard InChI is InChI=1S/C59H102O5/c1-4-7-10-13-16-19-22-25-27-29-30-31-32-35-37-40-43-46-49-52-58(60)63-56-57(64-59(61)53-50-47-44-41-38-34-24-21-18-15-12-9-6-3)55-62-54-51-48-45-42-39-36-33-28-26-23-20-17-14-11-8-5-2/h7,10,12,15-16,19,21,24-25,27,30-31,35,37,57H,4-6,8-9,11,13-14,17-18,20,22-23,26,28-29,32-34,36,38-56H2,1-3H3/b10-7-,15-12-,19-16-,24-21-,27-25-,31-30-,37-35-. The van der Waals surface area contributed by atoms with Crippen molar-refractivity contribution in [2.45, 2.75) is 258 Å². The molecule has 0 rings (SSSR count). The molecule has 1 unspecified atom stereocenters. The van der Waals surface area contributed by atoms with Crippen molar-refractivity contribution in [1.29, 1.82) is 0 Å². The van der Waals surface area contributed by atoms with Gasteiger partial charge in [0.1, 0.15) is 6.61 Å². The van der Waals surface area contributed by atoms with Crippen LogP contribution in [0.2, 0.25) is 0 Å². The van der Waals surface area contributed by atoms with Crippen LogP contribution in [0.25, 0.3) is 0 Å². The van der Waals surface area contributed by atoms with Crippen LogP contribution in [-0.2, 0) is 23.8 Å². The zero-order valence-electron chi connectivity index (χ0n) is 42.3. The molecule has 0 spiro atoms. The van der Waals surface area contributed by atoms with Crippen molar-refractivity contribution in [3.05, 3.63) is 85.1 Å². The molecule has 64 heavy (non-hydrogen) atoms. The third-order valence-corrected chi connectivity index (χ3v) is 11.4. The summed E-state index contributed by atoms with van der Waals surface area (Å²) in [6.45, 7) is 7.62. The van der Waals surface area contributed by atoms with Gasteiger partial charge in [-0.15, -0.1) is 0 Å². The van der Waals surface area contributed by atoms with Crippen molar-refractivity contribution in [2.75, 3.05) is 19.8 Å². The van der Waals surface area contributed by atoms with E-state index in [1.807, 2.05) is 0 Å². The highest BCUT2D eigenvalue weighted by Gasteiger charge is 2.17. The van der Waals surface area contributed by atoms with Crippen LogP contribution in [-0.4, -0.2) is 37.9 Å². The number of allylic oxidation sites excluding steroid dienone is 14. The van der Waals surface area contributed by atoms with Crippen molar-refractivity contribution >= 4 is 11.9 Å². The lowest BCUT2D eigenvalue weighted by Crippen LogP contribution is -2.30. The molecule has 1 atom stereocenters. The average Bonchev–Trinajstić information content (AvgIpc) is 3.30. The molecule has 0 aliphatic carbocycles. The first-order valence-electron chi connectivity index (χ1n) is 27.1. The second-order valence-electron chi connectivity index (χ2n) is 17.8. The summed E-state index contributed by atoms with van der Waals surface area (Å²) in [5.74, 6) is -0.447. The molecule has 0 N–H and O–H groups in total. The Morgan fingerprint density at radius 1 is 0.359 bits per heavy atom. The normalized spacial score (nSPS) is 12.9. The Bertz CT molecular complexity index is 1190. The zero-order valence-corrected chi connectivity index (χ0v) is 42.3. The van der Waals surface area contributed by atoms with E-state index in [1.54, 1.807) is 0 Å². The van der Waals surface area contributed by atoms with Crippen molar-refractivity contribution in [1.82, 2.24) is 0 Å². The van der Waals surface area contributed by atoms with Gasteiger partial charge in [-0.3, -0.25) is 9.59 Å². The number of unbranched alkanes of at least 4 members (excludes halogenated alkanes) is 24. The Hall–Kier alpha value is -2.92. The number of ether oxygens (including phenoxy) is 3. The van der Waals surface area contributed by atoms with E-state index in [0.29, 0.717) is 19.4 Å². The third-order valence-electron chi connectivity index (χ3n) is 11.4. The topological polar surface area (TPSA) is 61.8 Å². The van der Waals surface area contributed by atoms with Gasteiger partial charge < -0.3 is 14.2 Å². The van der Waals surface area contributed by atoms with Crippen LogP contribution < -0.4 is 0 Å². The maximum absolute atomic E-state index is 12.8. The van der Waals surface area contributed by atoms with Crippen LogP contribution in [0, 0.1) is 0 Å². The van der Waals surface area contributed by atoms with Crippen LogP contribution >= 0.6 is 0 Å². The van der Waals surface area contributed by atoms with Gasteiger partial charge in [0.25, 0.3) is 0 Å². The highest BCUT2D eigenvalue weighted by atomic mass is 16.6. The molecular formula is C59H102O5. The summed E-state index contributed by atoms with van der Waals surface area (Å²) in [6.07, 6.45) is 71.7.